The van der Waals surface area contributed by atoms with E-state index in [0.717, 1.165) is 0 Å². The standard InChI is InChI=1S/C24H18ClFN2O3/c1-2-11-27-23(30)19-18-9-5-14-12-16(26)8-10-17(14)28(18)21(20(19)24(27)31)22(29)13-3-6-15(25)7-4-13/h2-10,12,18-21H,1,11H2/t18-,19-,20-,21-/m1/s1. The quantitative estimate of drug-likeness (QED) is 0.416. The number of nitrogens with zero attached hydrogens (tertiary/aromatic N) is 2. The second kappa shape index (κ2) is 7.17. The molecule has 2 fully saturated rings. The Labute approximate surface area is 183 Å². The van der Waals surface area contributed by atoms with E-state index in [1.54, 1.807) is 42.5 Å². The maximum Gasteiger partial charge on any atom is 0.236 e. The zero-order valence-corrected chi connectivity index (χ0v) is 17.1. The molecule has 0 aromatic heterocycles. The van der Waals surface area contributed by atoms with E-state index in [9.17, 15) is 18.8 Å². The molecule has 3 aliphatic heterocycles. The first kappa shape index (κ1) is 19.7. The number of halogens is 2. The van der Waals surface area contributed by atoms with Crippen molar-refractivity contribution in [2.45, 2.75) is 12.1 Å². The average Bonchev–Trinajstić information content (AvgIpc) is 3.22. The molecule has 5 nitrogen and oxygen atoms in total. The van der Waals surface area contributed by atoms with Gasteiger partial charge in [-0.05, 0) is 42.5 Å². The molecular weight excluding hydrogens is 419 g/mol. The normalized spacial score (nSPS) is 26.0. The summed E-state index contributed by atoms with van der Waals surface area (Å²) in [6, 6.07) is 9.39. The van der Waals surface area contributed by atoms with Crippen LogP contribution in [0.15, 0.2) is 61.2 Å². The molecule has 5 rings (SSSR count). The molecule has 2 saturated heterocycles. The van der Waals surface area contributed by atoms with Crippen molar-refractivity contribution in [3.05, 3.63) is 83.2 Å². The molecule has 7 heteroatoms. The number of likely N-dealkylation sites (tertiary alicyclic amines) is 1. The number of carbonyl (C=O) groups excluding carboxylic acids is 3. The van der Waals surface area contributed by atoms with Crippen molar-refractivity contribution in [2.24, 2.45) is 11.8 Å². The molecule has 4 atom stereocenters. The number of amides is 2. The predicted molar refractivity (Wildman–Crippen MR) is 115 cm³/mol. The Morgan fingerprint density at radius 3 is 2.52 bits per heavy atom. The van der Waals surface area contributed by atoms with Gasteiger partial charge >= 0.3 is 0 Å². The van der Waals surface area contributed by atoms with Crippen LogP contribution in [0.5, 0.6) is 0 Å². The topological polar surface area (TPSA) is 57.7 Å². The van der Waals surface area contributed by atoms with Gasteiger partial charge in [0.15, 0.2) is 5.78 Å². The number of benzene rings is 2. The van der Waals surface area contributed by atoms with Crippen LogP contribution in [0, 0.1) is 17.7 Å². The summed E-state index contributed by atoms with van der Waals surface area (Å²) in [5, 5.41) is 0.490. The number of imide groups is 1. The molecule has 3 heterocycles. The molecule has 0 radical (unpaired) electrons. The minimum atomic E-state index is -0.892. The fourth-order valence-corrected chi connectivity index (χ4v) is 5.13. The van der Waals surface area contributed by atoms with Crippen LogP contribution in [0.3, 0.4) is 0 Å². The highest BCUT2D eigenvalue weighted by atomic mass is 35.5. The van der Waals surface area contributed by atoms with Gasteiger partial charge in [-0.3, -0.25) is 19.3 Å². The van der Waals surface area contributed by atoms with E-state index >= 15 is 0 Å². The van der Waals surface area contributed by atoms with Gasteiger partial charge in [-0.1, -0.05) is 29.8 Å². The zero-order chi connectivity index (χ0) is 21.9. The number of Topliss-reactive ketones (excluding diaryl/α,β-unsaturated/α-hetero) is 1. The van der Waals surface area contributed by atoms with Gasteiger partial charge in [0.1, 0.15) is 11.9 Å². The summed E-state index contributed by atoms with van der Waals surface area (Å²) in [6.45, 7) is 3.73. The summed E-state index contributed by atoms with van der Waals surface area (Å²) in [6.07, 6.45) is 5.04. The highest BCUT2D eigenvalue weighted by molar-refractivity contribution is 6.30. The van der Waals surface area contributed by atoms with E-state index in [4.69, 9.17) is 11.6 Å². The first-order valence-electron chi connectivity index (χ1n) is 9.94. The van der Waals surface area contributed by atoms with Crippen LogP contribution in [0.1, 0.15) is 15.9 Å². The highest BCUT2D eigenvalue weighted by Gasteiger charge is 2.63. The molecule has 0 aliphatic carbocycles. The third-order valence-electron chi connectivity index (χ3n) is 6.27. The van der Waals surface area contributed by atoms with Crippen LogP contribution in [0.4, 0.5) is 10.1 Å². The smallest absolute Gasteiger partial charge is 0.236 e. The minimum Gasteiger partial charge on any atom is -0.352 e. The molecule has 0 bridgehead atoms. The second-order valence-electron chi connectivity index (χ2n) is 7.90. The van der Waals surface area contributed by atoms with Crippen molar-refractivity contribution in [3.8, 4) is 0 Å². The lowest BCUT2D eigenvalue weighted by Gasteiger charge is -2.36. The van der Waals surface area contributed by atoms with Crippen molar-refractivity contribution < 1.29 is 18.8 Å². The lowest BCUT2D eigenvalue weighted by atomic mass is 9.86. The van der Waals surface area contributed by atoms with Crippen molar-refractivity contribution in [2.75, 3.05) is 11.4 Å². The van der Waals surface area contributed by atoms with Crippen LogP contribution in [-0.2, 0) is 9.59 Å². The molecule has 0 spiro atoms. The van der Waals surface area contributed by atoms with E-state index < -0.39 is 29.7 Å². The summed E-state index contributed by atoms with van der Waals surface area (Å²) < 4.78 is 13.8. The Bertz CT molecular complexity index is 1160. The fraction of sp³-hybridized carbons (Fsp3) is 0.208. The van der Waals surface area contributed by atoms with Crippen LogP contribution in [0.25, 0.3) is 6.08 Å². The lowest BCUT2D eigenvalue weighted by molar-refractivity contribution is -0.139. The van der Waals surface area contributed by atoms with Gasteiger partial charge < -0.3 is 4.90 Å². The Hall–Kier alpha value is -3.25. The van der Waals surface area contributed by atoms with E-state index in [-0.39, 0.29) is 24.1 Å². The predicted octanol–water partition coefficient (Wildman–Crippen LogP) is 3.73. The third kappa shape index (κ3) is 2.86. The average molecular weight is 437 g/mol. The number of carbonyl (C=O) groups is 3. The summed E-state index contributed by atoms with van der Waals surface area (Å²) in [5.74, 6) is -2.89. The van der Waals surface area contributed by atoms with Crippen LogP contribution < -0.4 is 4.90 Å². The summed E-state index contributed by atoms with van der Waals surface area (Å²) in [4.78, 5) is 43.1. The number of fused-ring (bicyclic) bond motifs is 5. The highest BCUT2D eigenvalue weighted by Crippen LogP contribution is 2.49. The van der Waals surface area contributed by atoms with Gasteiger partial charge in [-0.15, -0.1) is 6.58 Å². The van der Waals surface area contributed by atoms with E-state index in [0.29, 0.717) is 21.8 Å². The van der Waals surface area contributed by atoms with Crippen LogP contribution in [-0.4, -0.2) is 41.1 Å². The SMILES string of the molecule is C=CCN1C(=O)[C@@H]2[C@H](C1=O)[C@H]1C=Cc3cc(F)ccc3N1[C@H]2C(=O)c1ccc(Cl)cc1. The summed E-state index contributed by atoms with van der Waals surface area (Å²) in [5.41, 5.74) is 1.63. The molecule has 2 aromatic rings. The molecular formula is C24H18ClFN2O3. The lowest BCUT2D eigenvalue weighted by Crippen LogP contribution is -2.48. The summed E-state index contributed by atoms with van der Waals surface area (Å²) >= 11 is 5.97. The Balaban J connectivity index is 1.66. The van der Waals surface area contributed by atoms with Crippen molar-refractivity contribution in [1.82, 2.24) is 4.90 Å². The van der Waals surface area contributed by atoms with Gasteiger partial charge in [-0.25, -0.2) is 4.39 Å². The third-order valence-corrected chi connectivity index (χ3v) is 6.52. The van der Waals surface area contributed by atoms with Gasteiger partial charge in [0.2, 0.25) is 11.8 Å². The van der Waals surface area contributed by atoms with E-state index in [2.05, 4.69) is 6.58 Å². The van der Waals surface area contributed by atoms with Gasteiger partial charge in [-0.2, -0.15) is 0 Å². The molecule has 0 unspecified atom stereocenters. The van der Waals surface area contributed by atoms with Gasteiger partial charge in [0.25, 0.3) is 0 Å². The van der Waals surface area contributed by atoms with E-state index in [1.807, 2.05) is 4.90 Å². The zero-order valence-electron chi connectivity index (χ0n) is 16.4. The monoisotopic (exact) mass is 436 g/mol. The molecule has 2 aromatic carbocycles. The number of hydrogen-bond acceptors (Lipinski definition) is 4. The number of hydrogen-bond donors (Lipinski definition) is 0. The minimum absolute atomic E-state index is 0.102. The molecule has 0 saturated carbocycles. The number of ketones is 1. The Kier molecular flexibility index (Phi) is 4.55. The largest absolute Gasteiger partial charge is 0.352 e. The molecule has 3 aliphatic rings. The van der Waals surface area contributed by atoms with Crippen LogP contribution >= 0.6 is 11.6 Å². The van der Waals surface area contributed by atoms with Crippen molar-refractivity contribution in [3.63, 3.8) is 0 Å². The maximum absolute atomic E-state index is 13.8. The first-order chi connectivity index (χ1) is 14.9. The van der Waals surface area contributed by atoms with Gasteiger partial charge in [0.05, 0.1) is 17.9 Å². The number of rotatable bonds is 4. The Morgan fingerprint density at radius 1 is 1.10 bits per heavy atom. The van der Waals surface area contributed by atoms with E-state index in [1.165, 1.54) is 23.1 Å². The van der Waals surface area contributed by atoms with Crippen LogP contribution in [0.2, 0.25) is 5.02 Å². The molecule has 2 amide bonds. The second-order valence-corrected chi connectivity index (χ2v) is 8.34. The summed E-state index contributed by atoms with van der Waals surface area (Å²) in [7, 11) is 0. The Morgan fingerprint density at radius 2 is 1.81 bits per heavy atom. The maximum atomic E-state index is 13.8. The first-order valence-corrected chi connectivity index (χ1v) is 10.3. The molecule has 0 N–H and O–H groups in total. The molecule has 156 valence electrons. The molecule has 31 heavy (non-hydrogen) atoms. The fourth-order valence-electron chi connectivity index (χ4n) is 5.00. The van der Waals surface area contributed by atoms with Crippen molar-refractivity contribution in [1.29, 1.82) is 0 Å². The van der Waals surface area contributed by atoms with Crippen molar-refractivity contribution >= 4 is 41.0 Å². The number of anilines is 1. The van der Waals surface area contributed by atoms with Gasteiger partial charge in [0, 0.05) is 28.4 Å².